The van der Waals surface area contributed by atoms with E-state index in [2.05, 4.69) is 0 Å². The molecule has 0 saturated carbocycles. The number of phosphoric acid groups is 1. The van der Waals surface area contributed by atoms with Crippen LogP contribution in [0.4, 0.5) is 0 Å². The predicted molar refractivity (Wildman–Crippen MR) is 25.7 cm³/mol. The molecule has 0 saturated heterocycles. The maximum atomic E-state index is 8.88. The van der Waals surface area contributed by atoms with E-state index in [0.717, 1.165) is 0 Å². The van der Waals surface area contributed by atoms with Crippen LogP contribution >= 0.6 is 7.82 Å². The van der Waals surface area contributed by atoms with Crippen molar-refractivity contribution >= 4 is 37.4 Å². The standard InChI is InChI=1S/Na.H3O4P.H2O.H2/c;1-5(2,3)4;;/h;(H3,1,2,3,4);1H2;1H. The summed E-state index contributed by atoms with van der Waals surface area (Å²) in [5, 5.41) is 0. The molecule has 0 aromatic rings. The first-order valence-corrected chi connectivity index (χ1v) is 2.35. The Balaban J connectivity index is -0.0000000267. The molecule has 0 rings (SSSR count). The minimum atomic E-state index is -4.64. The van der Waals surface area contributed by atoms with Crippen molar-refractivity contribution in [2.24, 2.45) is 0 Å². The zero-order valence-corrected chi connectivity index (χ0v) is 6.59. The molecule has 0 aliphatic carbocycles. The van der Waals surface area contributed by atoms with Gasteiger partial charge in [0.1, 0.15) is 0 Å². The van der Waals surface area contributed by atoms with Gasteiger partial charge in [0.15, 0.2) is 0 Å². The minimum absolute atomic E-state index is 0. The van der Waals surface area contributed by atoms with Crippen molar-refractivity contribution in [3.05, 3.63) is 0 Å². The van der Waals surface area contributed by atoms with Crippen LogP contribution in [-0.2, 0) is 4.57 Å². The first-order chi connectivity index (χ1) is 2.00. The van der Waals surface area contributed by atoms with Gasteiger partial charge in [-0.3, -0.25) is 0 Å². The van der Waals surface area contributed by atoms with Crippen LogP contribution in [-0.4, -0.2) is 49.7 Å². The van der Waals surface area contributed by atoms with E-state index in [1.54, 1.807) is 0 Å². The largest absolute Gasteiger partial charge is 0.466 e. The van der Waals surface area contributed by atoms with Crippen LogP contribution in [0.2, 0.25) is 0 Å². The molecule has 0 aromatic carbocycles. The molecule has 0 aliphatic rings. The molecule has 1 radical (unpaired) electrons. The molecule has 0 heterocycles. The van der Waals surface area contributed by atoms with Gasteiger partial charge in [-0.15, -0.1) is 0 Å². The summed E-state index contributed by atoms with van der Waals surface area (Å²) in [6.45, 7) is 0. The Bertz CT molecular complexity index is 58.6. The molecule has 0 atom stereocenters. The van der Waals surface area contributed by atoms with E-state index in [9.17, 15) is 0 Å². The van der Waals surface area contributed by atoms with Gasteiger partial charge in [0, 0.05) is 31.0 Å². The Morgan fingerprint density at radius 1 is 1.29 bits per heavy atom. The van der Waals surface area contributed by atoms with Crippen molar-refractivity contribution in [2.45, 2.75) is 0 Å². The molecule has 0 spiro atoms. The summed E-state index contributed by atoms with van der Waals surface area (Å²) < 4.78 is 8.88. The van der Waals surface area contributed by atoms with E-state index in [1.165, 1.54) is 0 Å². The second kappa shape index (κ2) is 5.21. The molecule has 5 nitrogen and oxygen atoms in total. The van der Waals surface area contributed by atoms with Crippen LogP contribution in [0.3, 0.4) is 0 Å². The third-order valence-corrected chi connectivity index (χ3v) is 0. The zero-order chi connectivity index (χ0) is 4.50. The maximum Gasteiger partial charge on any atom is 0.466 e. The summed E-state index contributed by atoms with van der Waals surface area (Å²) in [4.78, 5) is 21.6. The SMILES string of the molecule is O.O=P(O)(O)O.[HH].[Na]. The van der Waals surface area contributed by atoms with Crippen LogP contribution in [0.5, 0.6) is 0 Å². The molecule has 0 fully saturated rings. The van der Waals surface area contributed by atoms with Crippen molar-refractivity contribution in [3.8, 4) is 0 Å². The molecule has 7 heavy (non-hydrogen) atoms. The Kier molecular flexibility index (Phi) is 11.7. The van der Waals surface area contributed by atoms with Gasteiger partial charge < -0.3 is 20.2 Å². The van der Waals surface area contributed by atoms with E-state index < -0.39 is 7.82 Å². The third-order valence-electron chi connectivity index (χ3n) is 0. The van der Waals surface area contributed by atoms with Gasteiger partial charge >= 0.3 is 7.82 Å². The second-order valence-electron chi connectivity index (χ2n) is 0.513. The molecule has 5 N–H and O–H groups in total. The van der Waals surface area contributed by atoms with Gasteiger partial charge in [0.2, 0.25) is 0 Å². The molecular weight excluding hydrogens is 134 g/mol. The fraction of sp³-hybridized carbons (Fsp3) is 0. The van der Waals surface area contributed by atoms with Gasteiger partial charge in [0.05, 0.1) is 0 Å². The maximum absolute atomic E-state index is 8.88. The van der Waals surface area contributed by atoms with E-state index in [1.807, 2.05) is 0 Å². The van der Waals surface area contributed by atoms with Gasteiger partial charge in [-0.2, -0.15) is 0 Å². The zero-order valence-electron chi connectivity index (χ0n) is 3.70. The Morgan fingerprint density at radius 3 is 1.29 bits per heavy atom. The number of hydrogen-bond acceptors (Lipinski definition) is 1. The van der Waals surface area contributed by atoms with Gasteiger partial charge in [-0.1, -0.05) is 0 Å². The van der Waals surface area contributed by atoms with E-state index in [4.69, 9.17) is 19.2 Å². The molecule has 0 unspecified atom stereocenters. The first-order valence-electron chi connectivity index (χ1n) is 0.783. The first kappa shape index (κ1) is 15.7. The van der Waals surface area contributed by atoms with Crippen LogP contribution < -0.4 is 0 Å². The molecule has 0 bridgehead atoms. The predicted octanol–water partition coefficient (Wildman–Crippen LogP) is -1.89. The molecular formula is H7NaO5P. The monoisotopic (exact) mass is 141 g/mol. The summed E-state index contributed by atoms with van der Waals surface area (Å²) in [7, 11) is -4.64. The summed E-state index contributed by atoms with van der Waals surface area (Å²) >= 11 is 0. The molecule has 0 amide bonds. The van der Waals surface area contributed by atoms with Crippen molar-refractivity contribution in [1.82, 2.24) is 0 Å². The van der Waals surface area contributed by atoms with Crippen LogP contribution in [0.15, 0.2) is 0 Å². The molecule has 7 heteroatoms. The van der Waals surface area contributed by atoms with Crippen LogP contribution in [0, 0.1) is 0 Å². The van der Waals surface area contributed by atoms with Crippen molar-refractivity contribution in [3.63, 3.8) is 0 Å². The van der Waals surface area contributed by atoms with E-state index in [-0.39, 0.29) is 36.5 Å². The fourth-order valence-corrected chi connectivity index (χ4v) is 0. The normalized spacial score (nSPS) is 8.43. The summed E-state index contributed by atoms with van der Waals surface area (Å²) in [5.41, 5.74) is 0. The third kappa shape index (κ3) is 159. The number of rotatable bonds is 0. The van der Waals surface area contributed by atoms with Crippen molar-refractivity contribution < 1.29 is 26.1 Å². The summed E-state index contributed by atoms with van der Waals surface area (Å²) in [6.07, 6.45) is 0. The minimum Gasteiger partial charge on any atom is -0.412 e. The summed E-state index contributed by atoms with van der Waals surface area (Å²) in [6, 6.07) is 0. The fourth-order valence-electron chi connectivity index (χ4n) is 0. The molecule has 43 valence electrons. The topological polar surface area (TPSA) is 109 Å². The van der Waals surface area contributed by atoms with Gasteiger partial charge in [-0.25, -0.2) is 4.57 Å². The van der Waals surface area contributed by atoms with Crippen LogP contribution in [0.1, 0.15) is 1.43 Å². The van der Waals surface area contributed by atoms with Crippen LogP contribution in [0.25, 0.3) is 0 Å². The molecule has 0 aromatic heterocycles. The smallest absolute Gasteiger partial charge is 0.412 e. The van der Waals surface area contributed by atoms with Crippen molar-refractivity contribution in [2.75, 3.05) is 0 Å². The van der Waals surface area contributed by atoms with Crippen molar-refractivity contribution in [1.29, 1.82) is 0 Å². The van der Waals surface area contributed by atoms with Gasteiger partial charge in [-0.05, 0) is 0 Å². The number of hydrogen-bond donors (Lipinski definition) is 3. The Morgan fingerprint density at radius 2 is 1.29 bits per heavy atom. The average Bonchev–Trinajstić information content (AvgIpc) is 0.722. The van der Waals surface area contributed by atoms with E-state index >= 15 is 0 Å². The van der Waals surface area contributed by atoms with E-state index in [0.29, 0.717) is 0 Å². The van der Waals surface area contributed by atoms with Gasteiger partial charge in [0.25, 0.3) is 0 Å². The Hall–Kier alpha value is 1.07. The average molecular weight is 141 g/mol. The molecule has 0 aliphatic heterocycles. The Labute approximate surface area is 63.7 Å². The summed E-state index contributed by atoms with van der Waals surface area (Å²) in [5.74, 6) is 0. The quantitative estimate of drug-likeness (QED) is 0.270. The second-order valence-corrected chi connectivity index (χ2v) is 1.54.